The van der Waals surface area contributed by atoms with Crippen LogP contribution in [-0.2, 0) is 0 Å². The van der Waals surface area contributed by atoms with Crippen molar-refractivity contribution in [1.82, 2.24) is 4.90 Å². The molecule has 0 aromatic heterocycles. The van der Waals surface area contributed by atoms with E-state index in [1.54, 1.807) is 24.3 Å². The van der Waals surface area contributed by atoms with Crippen LogP contribution in [-0.4, -0.2) is 47.9 Å². The van der Waals surface area contributed by atoms with Gasteiger partial charge in [-0.25, -0.2) is 4.39 Å². The summed E-state index contributed by atoms with van der Waals surface area (Å²) in [4.78, 5) is 13.8. The van der Waals surface area contributed by atoms with Gasteiger partial charge in [0.05, 0.1) is 25.8 Å². The van der Waals surface area contributed by atoms with Gasteiger partial charge in [0.2, 0.25) is 0 Å². The molecule has 0 unspecified atom stereocenters. The molecule has 0 radical (unpaired) electrons. The molecule has 1 saturated carbocycles. The van der Waals surface area contributed by atoms with E-state index < -0.39 is 12.2 Å². The van der Waals surface area contributed by atoms with Crippen molar-refractivity contribution in [2.75, 3.05) is 19.8 Å². The molecule has 0 spiro atoms. The predicted octanol–water partition coefficient (Wildman–Crippen LogP) is 2.02. The highest BCUT2D eigenvalue weighted by Gasteiger charge is 2.35. The normalized spacial score (nSPS) is 25.1. The molecule has 1 saturated heterocycles. The third kappa shape index (κ3) is 3.35. The van der Waals surface area contributed by atoms with Gasteiger partial charge >= 0.3 is 0 Å². The Hall–Kier alpha value is -1.62. The average molecular weight is 293 g/mol. The van der Waals surface area contributed by atoms with Crippen molar-refractivity contribution in [1.29, 1.82) is 0 Å². The van der Waals surface area contributed by atoms with E-state index in [9.17, 15) is 14.3 Å². The molecule has 1 aliphatic carbocycles. The molecule has 1 N–H and O–H groups in total. The van der Waals surface area contributed by atoms with E-state index in [1.165, 1.54) is 17.7 Å². The molecule has 1 aromatic carbocycles. The van der Waals surface area contributed by atoms with Crippen molar-refractivity contribution in [3.8, 4) is 5.75 Å². The Morgan fingerprint density at radius 1 is 1.33 bits per heavy atom. The number of likely N-dealkylation sites (tertiary alicyclic amines) is 1. The fourth-order valence-electron chi connectivity index (χ4n) is 2.64. The molecule has 0 bridgehead atoms. The Morgan fingerprint density at radius 3 is 2.67 bits per heavy atom. The highest BCUT2D eigenvalue weighted by Crippen LogP contribution is 2.29. The summed E-state index contributed by atoms with van der Waals surface area (Å²) in [5.74, 6) is 1.20. The van der Waals surface area contributed by atoms with Gasteiger partial charge in [-0.05, 0) is 43.0 Å². The van der Waals surface area contributed by atoms with E-state index in [1.807, 2.05) is 0 Å². The number of halogens is 1. The van der Waals surface area contributed by atoms with Crippen LogP contribution in [0.15, 0.2) is 24.3 Å². The van der Waals surface area contributed by atoms with Gasteiger partial charge in [0.25, 0.3) is 5.91 Å². The molecule has 5 heteroatoms. The van der Waals surface area contributed by atoms with E-state index in [4.69, 9.17) is 4.74 Å². The van der Waals surface area contributed by atoms with Crippen LogP contribution in [0.1, 0.15) is 29.6 Å². The van der Waals surface area contributed by atoms with Gasteiger partial charge in [-0.1, -0.05) is 0 Å². The van der Waals surface area contributed by atoms with E-state index in [0.717, 1.165) is 12.4 Å². The zero-order chi connectivity index (χ0) is 14.8. The van der Waals surface area contributed by atoms with Crippen LogP contribution in [0.2, 0.25) is 0 Å². The van der Waals surface area contributed by atoms with Crippen molar-refractivity contribution >= 4 is 5.91 Å². The van der Waals surface area contributed by atoms with Crippen LogP contribution in [0.25, 0.3) is 0 Å². The molecule has 2 atom stereocenters. The number of aliphatic hydroxyl groups excluding tert-OH is 1. The number of carbonyl (C=O) groups excluding carboxylic acids is 1. The summed E-state index contributed by atoms with van der Waals surface area (Å²) in [6, 6.07) is 6.52. The third-order valence-corrected chi connectivity index (χ3v) is 4.12. The Labute approximate surface area is 123 Å². The van der Waals surface area contributed by atoms with E-state index in [0.29, 0.717) is 11.5 Å². The second-order valence-corrected chi connectivity index (χ2v) is 5.91. The number of amides is 1. The highest BCUT2D eigenvalue weighted by molar-refractivity contribution is 5.94. The fraction of sp³-hybridized carbons (Fsp3) is 0.562. The Kier molecular flexibility index (Phi) is 4.10. The van der Waals surface area contributed by atoms with Crippen LogP contribution in [0.5, 0.6) is 5.75 Å². The number of carbonyl (C=O) groups is 1. The molecule has 1 aliphatic heterocycles. The molecule has 1 heterocycles. The van der Waals surface area contributed by atoms with Crippen LogP contribution in [0.4, 0.5) is 4.39 Å². The number of benzene rings is 1. The zero-order valence-electron chi connectivity index (χ0n) is 11.9. The maximum atomic E-state index is 13.4. The monoisotopic (exact) mass is 293 g/mol. The molecule has 114 valence electrons. The minimum atomic E-state index is -1.05. The lowest BCUT2D eigenvalue weighted by Crippen LogP contribution is -2.37. The molecule has 4 nitrogen and oxygen atoms in total. The number of alkyl halides is 1. The van der Waals surface area contributed by atoms with E-state index >= 15 is 0 Å². The number of rotatable bonds is 5. The lowest BCUT2D eigenvalue weighted by atomic mass is 10.1. The van der Waals surface area contributed by atoms with Gasteiger partial charge in [-0.3, -0.25) is 4.79 Å². The van der Waals surface area contributed by atoms with E-state index in [2.05, 4.69) is 0 Å². The minimum absolute atomic E-state index is 0.0595. The van der Waals surface area contributed by atoms with Gasteiger partial charge in [-0.15, -0.1) is 0 Å². The Morgan fingerprint density at radius 2 is 2.05 bits per heavy atom. The largest absolute Gasteiger partial charge is 0.493 e. The molecule has 21 heavy (non-hydrogen) atoms. The first kappa shape index (κ1) is 14.3. The maximum absolute atomic E-state index is 13.4. The van der Waals surface area contributed by atoms with Crippen molar-refractivity contribution in [3.05, 3.63) is 29.8 Å². The summed E-state index contributed by atoms with van der Waals surface area (Å²) in [6.07, 6.45) is 1.63. The van der Waals surface area contributed by atoms with Crippen molar-refractivity contribution < 1.29 is 19.0 Å². The summed E-state index contributed by atoms with van der Waals surface area (Å²) in [5, 5.41) is 9.24. The van der Waals surface area contributed by atoms with Crippen molar-refractivity contribution in [3.63, 3.8) is 0 Å². The summed E-state index contributed by atoms with van der Waals surface area (Å²) < 4.78 is 19.0. The van der Waals surface area contributed by atoms with Gasteiger partial charge in [0.15, 0.2) is 0 Å². The number of hydrogen-bond donors (Lipinski definition) is 1. The standard InChI is InChI=1S/C16H20FNO3/c17-13-7-14(9-19)18(8-13)16(20)12-3-5-15(6-4-12)21-10-11-1-2-11/h3-6,11,13-14,19H,1-2,7-10H2/t13-,14-/m0/s1. The first-order valence-electron chi connectivity index (χ1n) is 7.46. The van der Waals surface area contributed by atoms with Crippen molar-refractivity contribution in [2.45, 2.75) is 31.5 Å². The molecular formula is C16H20FNO3. The van der Waals surface area contributed by atoms with Gasteiger partial charge in [0, 0.05) is 12.0 Å². The molecule has 1 amide bonds. The SMILES string of the molecule is O=C(c1ccc(OCC2CC2)cc1)N1C[C@@H](F)C[C@H]1CO. The zero-order valence-corrected chi connectivity index (χ0v) is 11.9. The van der Waals surface area contributed by atoms with Crippen LogP contribution in [0.3, 0.4) is 0 Å². The third-order valence-electron chi connectivity index (χ3n) is 4.12. The smallest absolute Gasteiger partial charge is 0.254 e. The predicted molar refractivity (Wildman–Crippen MR) is 76.1 cm³/mol. The first-order chi connectivity index (χ1) is 10.2. The Balaban J connectivity index is 1.63. The summed E-state index contributed by atoms with van der Waals surface area (Å²) in [7, 11) is 0. The van der Waals surface area contributed by atoms with Gasteiger partial charge < -0.3 is 14.7 Å². The van der Waals surface area contributed by atoms with Crippen LogP contribution < -0.4 is 4.74 Å². The molecule has 2 fully saturated rings. The van der Waals surface area contributed by atoms with Crippen LogP contribution >= 0.6 is 0 Å². The first-order valence-corrected chi connectivity index (χ1v) is 7.46. The number of aliphatic hydroxyl groups is 1. The number of hydrogen-bond acceptors (Lipinski definition) is 3. The Bertz CT molecular complexity index is 501. The number of ether oxygens (including phenoxy) is 1. The average Bonchev–Trinajstić information content (AvgIpc) is 3.26. The number of nitrogens with zero attached hydrogens (tertiary/aromatic N) is 1. The highest BCUT2D eigenvalue weighted by atomic mass is 19.1. The van der Waals surface area contributed by atoms with Gasteiger partial charge in [0.1, 0.15) is 11.9 Å². The van der Waals surface area contributed by atoms with E-state index in [-0.39, 0.29) is 25.5 Å². The lowest BCUT2D eigenvalue weighted by Gasteiger charge is -2.22. The molecule has 3 rings (SSSR count). The second-order valence-electron chi connectivity index (χ2n) is 5.91. The van der Waals surface area contributed by atoms with Gasteiger partial charge in [-0.2, -0.15) is 0 Å². The molecule has 2 aliphatic rings. The fourth-order valence-corrected chi connectivity index (χ4v) is 2.64. The summed E-state index contributed by atoms with van der Waals surface area (Å²) >= 11 is 0. The lowest BCUT2D eigenvalue weighted by molar-refractivity contribution is 0.0673. The minimum Gasteiger partial charge on any atom is -0.493 e. The van der Waals surface area contributed by atoms with Crippen LogP contribution in [0, 0.1) is 5.92 Å². The topological polar surface area (TPSA) is 49.8 Å². The molecule has 1 aromatic rings. The maximum Gasteiger partial charge on any atom is 0.254 e. The second kappa shape index (κ2) is 6.02. The summed E-state index contributed by atoms with van der Waals surface area (Å²) in [5.41, 5.74) is 0.501. The molecular weight excluding hydrogens is 273 g/mol. The summed E-state index contributed by atoms with van der Waals surface area (Å²) in [6.45, 7) is 0.592. The quantitative estimate of drug-likeness (QED) is 0.903. The van der Waals surface area contributed by atoms with Crippen molar-refractivity contribution in [2.24, 2.45) is 5.92 Å².